The third kappa shape index (κ3) is 7.78. The summed E-state index contributed by atoms with van der Waals surface area (Å²) in [5.74, 6) is 2.17. The first kappa shape index (κ1) is 35.9. The van der Waals surface area contributed by atoms with Crippen molar-refractivity contribution in [2.75, 3.05) is 47.4 Å². The zero-order valence-electron chi connectivity index (χ0n) is 29.1. The molecule has 0 aromatic heterocycles. The Kier molecular flexibility index (Phi) is 12.2. The van der Waals surface area contributed by atoms with Gasteiger partial charge >= 0.3 is 0 Å². The van der Waals surface area contributed by atoms with Gasteiger partial charge in [-0.2, -0.15) is 0 Å². The molecule has 1 aliphatic rings. The van der Waals surface area contributed by atoms with Crippen molar-refractivity contribution in [1.29, 1.82) is 0 Å². The Morgan fingerprint density at radius 1 is 0.875 bits per heavy atom. The second-order valence-corrected chi connectivity index (χ2v) is 11.8. The Morgan fingerprint density at radius 2 is 1.58 bits per heavy atom. The molecule has 1 aliphatic carbocycles. The lowest BCUT2D eigenvalue weighted by molar-refractivity contribution is -0.123. The second-order valence-electron chi connectivity index (χ2n) is 11.8. The van der Waals surface area contributed by atoms with Gasteiger partial charge < -0.3 is 39.6 Å². The van der Waals surface area contributed by atoms with Gasteiger partial charge in [-0.1, -0.05) is 32.4 Å². The van der Waals surface area contributed by atoms with Crippen LogP contribution in [0.4, 0.5) is 5.69 Å². The smallest absolute Gasteiger partial charge is 0.242 e. The van der Waals surface area contributed by atoms with Gasteiger partial charge in [-0.05, 0) is 77.8 Å². The third-order valence-corrected chi connectivity index (χ3v) is 8.88. The molecular weight excluding hydrogens is 614 g/mol. The monoisotopic (exact) mass is 661 g/mol. The summed E-state index contributed by atoms with van der Waals surface area (Å²) in [7, 11) is 7.84. The number of benzene rings is 2. The van der Waals surface area contributed by atoms with Crippen LogP contribution in [-0.2, 0) is 22.4 Å². The van der Waals surface area contributed by atoms with Crippen LogP contribution in [0.2, 0.25) is 0 Å². The van der Waals surface area contributed by atoms with E-state index in [-0.39, 0.29) is 28.8 Å². The van der Waals surface area contributed by atoms with E-state index in [4.69, 9.17) is 23.7 Å². The molecule has 11 heteroatoms. The van der Waals surface area contributed by atoms with E-state index in [1.54, 1.807) is 47.7 Å². The molecule has 3 atom stereocenters. The van der Waals surface area contributed by atoms with Crippen molar-refractivity contribution in [3.05, 3.63) is 69.4 Å². The summed E-state index contributed by atoms with van der Waals surface area (Å²) in [4.78, 5) is 39.8. The summed E-state index contributed by atoms with van der Waals surface area (Å²) in [6, 6.07) is 11.5. The topological polar surface area (TPSA) is 133 Å². The lowest BCUT2D eigenvalue weighted by Crippen LogP contribution is -2.45. The van der Waals surface area contributed by atoms with E-state index in [2.05, 4.69) is 16.0 Å². The molecule has 3 aromatic rings. The molecule has 0 unspecified atom stereocenters. The number of amides is 2. The van der Waals surface area contributed by atoms with Crippen LogP contribution in [0.3, 0.4) is 0 Å². The normalized spacial score (nSPS) is 14.6. The first-order valence-electron chi connectivity index (χ1n) is 16.1. The number of anilines is 1. The Bertz CT molecular complexity index is 1690. The van der Waals surface area contributed by atoms with Crippen molar-refractivity contribution >= 4 is 17.5 Å². The first-order chi connectivity index (χ1) is 23.1. The average molecular weight is 662 g/mol. The quantitative estimate of drug-likeness (QED) is 0.217. The zero-order valence-corrected chi connectivity index (χ0v) is 29.1. The second kappa shape index (κ2) is 16.3. The number of rotatable bonds is 14. The van der Waals surface area contributed by atoms with E-state index in [9.17, 15) is 14.4 Å². The van der Waals surface area contributed by atoms with E-state index in [0.29, 0.717) is 72.1 Å². The van der Waals surface area contributed by atoms with E-state index < -0.39 is 12.1 Å². The van der Waals surface area contributed by atoms with Gasteiger partial charge in [-0.15, -0.1) is 0 Å². The highest BCUT2D eigenvalue weighted by molar-refractivity contribution is 5.86. The summed E-state index contributed by atoms with van der Waals surface area (Å²) < 4.78 is 27.9. The molecule has 0 radical (unpaired) electrons. The predicted molar refractivity (Wildman–Crippen MR) is 186 cm³/mol. The molecule has 3 aromatic carbocycles. The van der Waals surface area contributed by atoms with Crippen LogP contribution in [0.15, 0.2) is 47.3 Å². The van der Waals surface area contributed by atoms with Crippen LogP contribution >= 0.6 is 0 Å². The lowest BCUT2D eigenvalue weighted by Gasteiger charge is -2.24. The molecular formula is C37H47N3O8. The molecule has 11 nitrogen and oxygen atoms in total. The first-order valence-corrected chi connectivity index (χ1v) is 16.1. The van der Waals surface area contributed by atoms with Crippen LogP contribution in [0.1, 0.15) is 56.3 Å². The molecule has 3 N–H and O–H groups in total. The van der Waals surface area contributed by atoms with Crippen molar-refractivity contribution in [2.24, 2.45) is 5.92 Å². The number of carbonyl (C=O) groups is 2. The molecule has 0 aliphatic heterocycles. The predicted octanol–water partition coefficient (Wildman–Crippen LogP) is 5.07. The van der Waals surface area contributed by atoms with E-state index in [1.807, 2.05) is 44.2 Å². The Morgan fingerprint density at radius 3 is 2.21 bits per heavy atom. The Balaban J connectivity index is 1.71. The summed E-state index contributed by atoms with van der Waals surface area (Å²) in [6.45, 7) is 5.83. The largest absolute Gasteiger partial charge is 0.493 e. The van der Waals surface area contributed by atoms with Crippen LogP contribution in [0, 0.1) is 5.92 Å². The minimum atomic E-state index is -0.673. The molecule has 0 saturated heterocycles. The maximum absolute atomic E-state index is 13.9. The van der Waals surface area contributed by atoms with Gasteiger partial charge in [0.2, 0.25) is 23.0 Å². The van der Waals surface area contributed by atoms with Crippen molar-refractivity contribution in [3.8, 4) is 39.9 Å². The number of ether oxygens (including phenoxy) is 5. The molecule has 0 fully saturated rings. The van der Waals surface area contributed by atoms with Gasteiger partial charge in [0.15, 0.2) is 23.0 Å². The summed E-state index contributed by atoms with van der Waals surface area (Å²) >= 11 is 0. The van der Waals surface area contributed by atoms with Crippen molar-refractivity contribution in [2.45, 2.75) is 58.5 Å². The van der Waals surface area contributed by atoms with E-state index >= 15 is 0 Å². The number of nitrogens with one attached hydrogen (secondary N) is 3. The zero-order chi connectivity index (χ0) is 35.0. The molecule has 0 spiro atoms. The maximum Gasteiger partial charge on any atom is 0.242 e. The van der Waals surface area contributed by atoms with Gasteiger partial charge in [0, 0.05) is 19.0 Å². The van der Waals surface area contributed by atoms with Crippen LogP contribution in [-0.4, -0.2) is 59.9 Å². The minimum Gasteiger partial charge on any atom is -0.493 e. The molecule has 258 valence electrons. The number of hydrogen-bond acceptors (Lipinski definition) is 9. The highest BCUT2D eigenvalue weighted by atomic mass is 16.5. The van der Waals surface area contributed by atoms with Crippen LogP contribution in [0.25, 0.3) is 11.1 Å². The Hall–Kier alpha value is -4.93. The van der Waals surface area contributed by atoms with Crippen molar-refractivity contribution in [1.82, 2.24) is 10.6 Å². The van der Waals surface area contributed by atoms with Gasteiger partial charge in [0.1, 0.15) is 6.04 Å². The number of hydrogen-bond donors (Lipinski definition) is 3. The number of methoxy groups -OCH3 is 5. The SMILES string of the molecule is CC[C@@H](C)[C@H](Nc1ccc2c(cc1=O)[C@@H](NC(C)=O)CCc1cc(OC)c(OC)c(OC)c1-2)C(=O)NCCc1ccc(OC)c(OC)c1. The fourth-order valence-electron chi connectivity index (χ4n) is 6.17. The molecule has 0 heterocycles. The highest BCUT2D eigenvalue weighted by Gasteiger charge is 2.30. The van der Waals surface area contributed by atoms with Crippen LogP contribution < -0.4 is 45.1 Å². The molecule has 2 amide bonds. The van der Waals surface area contributed by atoms with Crippen molar-refractivity contribution in [3.63, 3.8) is 0 Å². The Labute approximate surface area is 282 Å². The van der Waals surface area contributed by atoms with Crippen LogP contribution in [0.5, 0.6) is 28.7 Å². The minimum absolute atomic E-state index is 0.0847. The van der Waals surface area contributed by atoms with Gasteiger partial charge in [-0.25, -0.2) is 0 Å². The standard InChI is InChI=1S/C37H47N3O8/c1-9-21(2)34(37(43)38-17-16-23-10-15-30(44-4)31(18-23)45-5)40-28-14-12-25-26(20-29(28)42)27(39-22(3)41)13-11-24-19-32(46-6)35(47-7)36(48-8)33(24)25/h10,12,14-15,18-21,27,34H,9,11,13,16-17H2,1-8H3,(H,38,43)(H,39,41)(H,40,42)/t21-,27+,34+/m1/s1. The summed E-state index contributed by atoms with van der Waals surface area (Å²) in [5.41, 5.74) is 3.99. The summed E-state index contributed by atoms with van der Waals surface area (Å²) in [5, 5.41) is 9.33. The fourth-order valence-corrected chi connectivity index (χ4v) is 6.17. The molecule has 4 rings (SSSR count). The average Bonchev–Trinajstić information content (AvgIpc) is 3.33. The van der Waals surface area contributed by atoms with Gasteiger partial charge in [-0.3, -0.25) is 14.4 Å². The van der Waals surface area contributed by atoms with Gasteiger partial charge in [0.25, 0.3) is 0 Å². The highest BCUT2D eigenvalue weighted by Crippen LogP contribution is 2.50. The lowest BCUT2D eigenvalue weighted by atomic mass is 9.95. The fraction of sp³-hybridized carbons (Fsp3) is 0.432. The maximum atomic E-state index is 13.9. The van der Waals surface area contributed by atoms with E-state index in [1.165, 1.54) is 6.92 Å². The molecule has 0 saturated carbocycles. The summed E-state index contributed by atoms with van der Waals surface area (Å²) in [6.07, 6.45) is 2.43. The molecule has 48 heavy (non-hydrogen) atoms. The van der Waals surface area contributed by atoms with E-state index in [0.717, 1.165) is 16.7 Å². The third-order valence-electron chi connectivity index (χ3n) is 8.88. The van der Waals surface area contributed by atoms with Crippen molar-refractivity contribution < 1.29 is 33.3 Å². The van der Waals surface area contributed by atoms with Gasteiger partial charge in [0.05, 0.1) is 47.3 Å². The number of fused-ring (bicyclic) bond motifs is 3. The number of aryl methyl sites for hydroxylation is 1. The molecule has 0 bridgehead atoms. The number of carbonyl (C=O) groups excluding carboxylic acids is 2.